The smallest absolute Gasteiger partial charge is 0.380 e. The number of hydrogen-bond acceptors (Lipinski definition) is 3. The zero-order valence-electron chi connectivity index (χ0n) is 13.4. The Morgan fingerprint density at radius 3 is 2.62 bits per heavy atom. The molecule has 1 heterocycles. The van der Waals surface area contributed by atoms with E-state index in [9.17, 15) is 18.0 Å². The van der Waals surface area contributed by atoms with Crippen LogP contribution in [0.3, 0.4) is 0 Å². The molecule has 2 N–H and O–H groups in total. The summed E-state index contributed by atoms with van der Waals surface area (Å²) in [5.41, 5.74) is 0.624. The van der Waals surface area contributed by atoms with E-state index in [4.69, 9.17) is 4.74 Å². The molecule has 1 aliphatic rings. The number of amides is 2. The van der Waals surface area contributed by atoms with Crippen LogP contribution in [0.4, 0.5) is 23.7 Å². The molecule has 2 amide bonds. The van der Waals surface area contributed by atoms with E-state index >= 15 is 0 Å². The molecule has 0 saturated carbocycles. The van der Waals surface area contributed by atoms with Crippen molar-refractivity contribution >= 4 is 11.7 Å². The van der Waals surface area contributed by atoms with Crippen molar-refractivity contribution in [2.75, 3.05) is 44.7 Å². The zero-order chi connectivity index (χ0) is 17.4. The quantitative estimate of drug-likeness (QED) is 0.863. The number of rotatable bonds is 5. The van der Waals surface area contributed by atoms with Crippen molar-refractivity contribution in [2.45, 2.75) is 19.0 Å². The highest BCUT2D eigenvalue weighted by molar-refractivity contribution is 5.89. The molecule has 0 aromatic heterocycles. The first-order valence-electron chi connectivity index (χ1n) is 7.93. The summed E-state index contributed by atoms with van der Waals surface area (Å²) in [6.45, 7) is 4.51. The van der Waals surface area contributed by atoms with Gasteiger partial charge in [-0.3, -0.25) is 4.90 Å². The number of nitrogens with zero attached hydrogens (tertiary/aromatic N) is 1. The van der Waals surface area contributed by atoms with Gasteiger partial charge in [-0.15, -0.1) is 0 Å². The van der Waals surface area contributed by atoms with E-state index in [0.29, 0.717) is 18.8 Å². The fourth-order valence-corrected chi connectivity index (χ4v) is 2.46. The molecule has 0 radical (unpaired) electrons. The number of nitrogens with one attached hydrogen (secondary N) is 2. The molecule has 1 aromatic rings. The molecule has 1 aromatic carbocycles. The molecular weight excluding hydrogens is 323 g/mol. The van der Waals surface area contributed by atoms with Gasteiger partial charge in [0.1, 0.15) is 0 Å². The predicted molar refractivity (Wildman–Crippen MR) is 85.1 cm³/mol. The molecule has 0 bridgehead atoms. The van der Waals surface area contributed by atoms with E-state index in [2.05, 4.69) is 15.5 Å². The number of anilines is 1. The van der Waals surface area contributed by atoms with Gasteiger partial charge in [0.25, 0.3) is 0 Å². The lowest BCUT2D eigenvalue weighted by atomic mass is 10.1. The van der Waals surface area contributed by atoms with Gasteiger partial charge in [0.15, 0.2) is 0 Å². The minimum Gasteiger partial charge on any atom is -0.380 e. The van der Waals surface area contributed by atoms with Crippen LogP contribution in [0.15, 0.2) is 24.3 Å². The molecule has 2 rings (SSSR count). The molecule has 134 valence electrons. The van der Waals surface area contributed by atoms with E-state index in [1.165, 1.54) is 24.3 Å². The average molecular weight is 345 g/mol. The van der Waals surface area contributed by atoms with Crippen LogP contribution in [0.1, 0.15) is 12.0 Å². The Morgan fingerprint density at radius 1 is 1.17 bits per heavy atom. The summed E-state index contributed by atoms with van der Waals surface area (Å²) >= 11 is 0. The fraction of sp³-hybridized carbons (Fsp3) is 0.562. The highest BCUT2D eigenvalue weighted by atomic mass is 19.4. The molecule has 1 fully saturated rings. The second-order valence-corrected chi connectivity index (χ2v) is 5.68. The third kappa shape index (κ3) is 7.18. The second-order valence-electron chi connectivity index (χ2n) is 5.68. The van der Waals surface area contributed by atoms with Crippen LogP contribution < -0.4 is 10.6 Å². The number of urea groups is 1. The summed E-state index contributed by atoms with van der Waals surface area (Å²) < 4.78 is 42.2. The Hall–Kier alpha value is -1.80. The molecule has 8 heteroatoms. The normalized spacial score (nSPS) is 16.5. The predicted octanol–water partition coefficient (Wildman–Crippen LogP) is 2.64. The lowest BCUT2D eigenvalue weighted by Crippen LogP contribution is -2.38. The SMILES string of the molecule is O=C(NCCN1CCCOCC1)Nc1ccc(CC(F)(F)F)cc1. The van der Waals surface area contributed by atoms with E-state index in [0.717, 1.165) is 32.7 Å². The minimum absolute atomic E-state index is 0.164. The van der Waals surface area contributed by atoms with Crippen molar-refractivity contribution in [3.8, 4) is 0 Å². The highest BCUT2D eigenvalue weighted by Crippen LogP contribution is 2.22. The molecule has 1 saturated heterocycles. The maximum atomic E-state index is 12.3. The Labute approximate surface area is 139 Å². The van der Waals surface area contributed by atoms with Crippen molar-refractivity contribution in [2.24, 2.45) is 0 Å². The van der Waals surface area contributed by atoms with Gasteiger partial charge in [-0.25, -0.2) is 4.79 Å². The molecule has 0 unspecified atom stereocenters. The number of alkyl halides is 3. The number of ether oxygens (including phenoxy) is 1. The minimum atomic E-state index is -4.23. The lowest BCUT2D eigenvalue weighted by Gasteiger charge is -2.19. The van der Waals surface area contributed by atoms with Crippen LogP contribution >= 0.6 is 0 Å². The molecule has 0 aliphatic carbocycles. The van der Waals surface area contributed by atoms with Crippen molar-refractivity contribution in [3.63, 3.8) is 0 Å². The van der Waals surface area contributed by atoms with Gasteiger partial charge in [-0.05, 0) is 24.1 Å². The summed E-state index contributed by atoms with van der Waals surface area (Å²) in [4.78, 5) is 14.0. The van der Waals surface area contributed by atoms with Crippen molar-refractivity contribution < 1.29 is 22.7 Å². The van der Waals surface area contributed by atoms with Gasteiger partial charge in [0.05, 0.1) is 13.0 Å². The first-order valence-corrected chi connectivity index (χ1v) is 7.93. The van der Waals surface area contributed by atoms with Gasteiger partial charge < -0.3 is 15.4 Å². The van der Waals surface area contributed by atoms with Crippen LogP contribution in [0.2, 0.25) is 0 Å². The summed E-state index contributed by atoms with van der Waals surface area (Å²) in [5.74, 6) is 0. The number of carbonyl (C=O) groups is 1. The van der Waals surface area contributed by atoms with Crippen LogP contribution in [0, 0.1) is 0 Å². The second kappa shape index (κ2) is 8.89. The summed E-state index contributed by atoms with van der Waals surface area (Å²) in [6.07, 6.45) is -4.22. The first kappa shape index (κ1) is 18.5. The van der Waals surface area contributed by atoms with Crippen molar-refractivity contribution in [1.82, 2.24) is 10.2 Å². The molecular formula is C16H22F3N3O2. The van der Waals surface area contributed by atoms with E-state index in [-0.39, 0.29) is 11.6 Å². The molecule has 5 nitrogen and oxygen atoms in total. The summed E-state index contributed by atoms with van der Waals surface area (Å²) in [7, 11) is 0. The van der Waals surface area contributed by atoms with Gasteiger partial charge in [0.2, 0.25) is 0 Å². The van der Waals surface area contributed by atoms with Crippen LogP contribution in [0.5, 0.6) is 0 Å². The number of carbonyl (C=O) groups excluding carboxylic acids is 1. The third-order valence-electron chi connectivity index (χ3n) is 3.64. The summed E-state index contributed by atoms with van der Waals surface area (Å²) in [5, 5.41) is 5.35. The van der Waals surface area contributed by atoms with Gasteiger partial charge >= 0.3 is 12.2 Å². The van der Waals surface area contributed by atoms with Crippen LogP contribution in [0.25, 0.3) is 0 Å². The zero-order valence-corrected chi connectivity index (χ0v) is 13.4. The van der Waals surface area contributed by atoms with Crippen molar-refractivity contribution in [3.05, 3.63) is 29.8 Å². The number of hydrogen-bond donors (Lipinski definition) is 2. The van der Waals surface area contributed by atoms with E-state index in [1.807, 2.05) is 0 Å². The van der Waals surface area contributed by atoms with Crippen LogP contribution in [-0.4, -0.2) is 56.5 Å². The highest BCUT2D eigenvalue weighted by Gasteiger charge is 2.27. The topological polar surface area (TPSA) is 53.6 Å². The van der Waals surface area contributed by atoms with Gasteiger partial charge in [-0.2, -0.15) is 13.2 Å². The molecule has 0 atom stereocenters. The molecule has 0 spiro atoms. The standard InChI is InChI=1S/C16H22F3N3O2/c17-16(18,19)12-13-2-4-14(5-3-13)21-15(23)20-6-8-22-7-1-10-24-11-9-22/h2-5H,1,6-12H2,(H2,20,21,23). The van der Waals surface area contributed by atoms with E-state index in [1.54, 1.807) is 0 Å². The Kier molecular flexibility index (Phi) is 6.86. The van der Waals surface area contributed by atoms with E-state index < -0.39 is 12.6 Å². The number of halogens is 3. The van der Waals surface area contributed by atoms with Crippen molar-refractivity contribution in [1.29, 1.82) is 0 Å². The summed E-state index contributed by atoms with van der Waals surface area (Å²) in [6, 6.07) is 5.28. The maximum absolute atomic E-state index is 12.3. The van der Waals surface area contributed by atoms with Crippen LogP contribution in [-0.2, 0) is 11.2 Å². The number of benzene rings is 1. The fourth-order valence-electron chi connectivity index (χ4n) is 2.46. The Balaban J connectivity index is 1.70. The molecule has 24 heavy (non-hydrogen) atoms. The molecule has 1 aliphatic heterocycles. The Bertz CT molecular complexity index is 512. The maximum Gasteiger partial charge on any atom is 0.393 e. The van der Waals surface area contributed by atoms with Gasteiger partial charge in [0, 0.05) is 38.5 Å². The monoisotopic (exact) mass is 345 g/mol. The Morgan fingerprint density at radius 2 is 1.92 bits per heavy atom. The van der Waals surface area contributed by atoms with Gasteiger partial charge in [-0.1, -0.05) is 12.1 Å². The first-order chi connectivity index (χ1) is 11.4. The lowest BCUT2D eigenvalue weighted by molar-refractivity contribution is -0.127. The largest absolute Gasteiger partial charge is 0.393 e. The third-order valence-corrected chi connectivity index (χ3v) is 3.64. The average Bonchev–Trinajstić information content (AvgIpc) is 2.77.